The van der Waals surface area contributed by atoms with Crippen LogP contribution in [0.25, 0.3) is 22.6 Å². The fraction of sp³-hybridized carbons (Fsp3) is 0.167. The van der Waals surface area contributed by atoms with Gasteiger partial charge in [-0.3, -0.25) is 4.79 Å². The van der Waals surface area contributed by atoms with Gasteiger partial charge in [0.25, 0.3) is 0 Å². The first kappa shape index (κ1) is 16.6. The van der Waals surface area contributed by atoms with Crippen molar-refractivity contribution in [2.24, 2.45) is 7.05 Å². The zero-order chi connectivity index (χ0) is 18.1. The number of hydrogen-bond acceptors (Lipinski definition) is 5. The summed E-state index contributed by atoms with van der Waals surface area (Å²) in [7, 11) is 5.48. The number of nitrogens with two attached hydrogens (primary N) is 1. The highest BCUT2D eigenvalue weighted by molar-refractivity contribution is 5.68. The molecule has 6 nitrogen and oxygen atoms in total. The van der Waals surface area contributed by atoms with Crippen LogP contribution in [0.15, 0.2) is 47.4 Å². The zero-order valence-electron chi connectivity index (χ0n) is 14.2. The van der Waals surface area contributed by atoms with Crippen LogP contribution in [0.4, 0.5) is 15.9 Å². The van der Waals surface area contributed by atoms with E-state index in [2.05, 4.69) is 9.97 Å². The summed E-state index contributed by atoms with van der Waals surface area (Å²) >= 11 is 0. The van der Waals surface area contributed by atoms with Crippen LogP contribution in [-0.4, -0.2) is 28.6 Å². The van der Waals surface area contributed by atoms with E-state index in [0.29, 0.717) is 11.4 Å². The molecule has 0 aliphatic heterocycles. The Morgan fingerprint density at radius 3 is 2.28 bits per heavy atom. The summed E-state index contributed by atoms with van der Waals surface area (Å²) in [5.74, 6) is -0.606. The van der Waals surface area contributed by atoms with Gasteiger partial charge in [0.05, 0.1) is 0 Å². The molecule has 0 aliphatic carbocycles. The molecule has 0 spiro atoms. The maximum absolute atomic E-state index is 14.4. The second-order valence-electron chi connectivity index (χ2n) is 5.90. The summed E-state index contributed by atoms with van der Waals surface area (Å²) in [5, 5.41) is 0. The summed E-state index contributed by atoms with van der Waals surface area (Å²) in [5.41, 5.74) is 7.82. The lowest BCUT2D eigenvalue weighted by Gasteiger charge is -2.13. The Labute approximate surface area is 144 Å². The van der Waals surface area contributed by atoms with Crippen molar-refractivity contribution in [2.45, 2.75) is 0 Å². The molecule has 7 heteroatoms. The molecule has 25 heavy (non-hydrogen) atoms. The molecular formula is C18H18FN5O. The first-order valence-corrected chi connectivity index (χ1v) is 7.64. The van der Waals surface area contributed by atoms with E-state index in [0.717, 1.165) is 11.3 Å². The molecule has 0 unspecified atom stereocenters. The van der Waals surface area contributed by atoms with E-state index in [1.54, 1.807) is 7.05 Å². The van der Waals surface area contributed by atoms with E-state index in [9.17, 15) is 9.18 Å². The minimum atomic E-state index is -0.702. The molecule has 1 aromatic carbocycles. The molecule has 0 fully saturated rings. The lowest BCUT2D eigenvalue weighted by atomic mass is 10.1. The van der Waals surface area contributed by atoms with Gasteiger partial charge in [0.1, 0.15) is 5.69 Å². The monoisotopic (exact) mass is 339 g/mol. The Hall–Kier alpha value is -3.22. The Balaban J connectivity index is 2.12. The third kappa shape index (κ3) is 3.21. The van der Waals surface area contributed by atoms with Gasteiger partial charge < -0.3 is 15.2 Å². The third-order valence-electron chi connectivity index (χ3n) is 3.88. The van der Waals surface area contributed by atoms with E-state index in [1.165, 1.54) is 22.9 Å². The third-order valence-corrected chi connectivity index (χ3v) is 3.88. The Morgan fingerprint density at radius 1 is 1.04 bits per heavy atom. The van der Waals surface area contributed by atoms with Crippen LogP contribution in [-0.2, 0) is 7.05 Å². The molecule has 3 aromatic rings. The fourth-order valence-electron chi connectivity index (χ4n) is 2.43. The van der Waals surface area contributed by atoms with Crippen LogP contribution in [0.5, 0.6) is 0 Å². The number of anilines is 2. The quantitative estimate of drug-likeness (QED) is 0.792. The van der Waals surface area contributed by atoms with Crippen molar-refractivity contribution >= 4 is 11.5 Å². The maximum Gasteiger partial charge on any atom is 0.250 e. The van der Waals surface area contributed by atoms with Crippen LogP contribution in [0.2, 0.25) is 0 Å². The zero-order valence-corrected chi connectivity index (χ0v) is 14.2. The van der Waals surface area contributed by atoms with Crippen LogP contribution >= 0.6 is 0 Å². The minimum absolute atomic E-state index is 0.0646. The fourth-order valence-corrected chi connectivity index (χ4v) is 2.43. The summed E-state index contributed by atoms with van der Waals surface area (Å²) < 4.78 is 15.8. The van der Waals surface area contributed by atoms with Crippen molar-refractivity contribution in [3.05, 3.63) is 58.8 Å². The average Bonchev–Trinajstić information content (AvgIpc) is 2.60. The van der Waals surface area contributed by atoms with Gasteiger partial charge in [-0.2, -0.15) is 0 Å². The standard InChI is InChI=1S/C18H18FN5O/c1-23(2)13-7-4-11(5-8-13)18-21-16(15(19)17(20)22-18)12-6-9-14(25)24(3)10-12/h4-10H,1-3H3,(H2,20,21,22). The van der Waals surface area contributed by atoms with Gasteiger partial charge in [0.2, 0.25) is 5.56 Å². The summed E-state index contributed by atoms with van der Waals surface area (Å²) in [6, 6.07) is 10.4. The number of nitrogen functional groups attached to an aromatic ring is 1. The smallest absolute Gasteiger partial charge is 0.250 e. The first-order chi connectivity index (χ1) is 11.9. The normalized spacial score (nSPS) is 10.7. The number of rotatable bonds is 3. The van der Waals surface area contributed by atoms with Crippen molar-refractivity contribution < 1.29 is 4.39 Å². The molecule has 0 saturated carbocycles. The Kier molecular flexibility index (Phi) is 4.22. The van der Waals surface area contributed by atoms with Gasteiger partial charge in [0.15, 0.2) is 17.5 Å². The van der Waals surface area contributed by atoms with E-state index in [-0.39, 0.29) is 17.1 Å². The lowest BCUT2D eigenvalue weighted by molar-refractivity contribution is 0.624. The Bertz CT molecular complexity index is 980. The highest BCUT2D eigenvalue weighted by atomic mass is 19.1. The van der Waals surface area contributed by atoms with Crippen LogP contribution in [0.1, 0.15) is 0 Å². The number of pyridine rings is 1. The van der Waals surface area contributed by atoms with Crippen LogP contribution in [0.3, 0.4) is 0 Å². The largest absolute Gasteiger partial charge is 0.381 e. The SMILES string of the molecule is CN(C)c1ccc(-c2nc(N)c(F)c(-c3ccc(=O)n(C)c3)n2)cc1. The molecule has 0 radical (unpaired) electrons. The van der Waals surface area contributed by atoms with E-state index < -0.39 is 5.82 Å². The highest BCUT2D eigenvalue weighted by Gasteiger charge is 2.16. The number of halogens is 1. The van der Waals surface area contributed by atoms with E-state index >= 15 is 0 Å². The molecular weight excluding hydrogens is 321 g/mol. The van der Waals surface area contributed by atoms with Crippen LogP contribution in [0, 0.1) is 5.82 Å². The molecule has 0 aliphatic rings. The van der Waals surface area contributed by atoms with Gasteiger partial charge in [-0.05, 0) is 30.3 Å². The molecule has 0 bridgehead atoms. The molecule has 0 atom stereocenters. The molecule has 2 N–H and O–H groups in total. The highest BCUT2D eigenvalue weighted by Crippen LogP contribution is 2.27. The van der Waals surface area contributed by atoms with Gasteiger partial charge in [-0.25, -0.2) is 14.4 Å². The number of aromatic nitrogens is 3. The van der Waals surface area contributed by atoms with E-state index in [1.807, 2.05) is 43.3 Å². The summed E-state index contributed by atoms with van der Waals surface area (Å²) in [4.78, 5) is 21.9. The molecule has 2 heterocycles. The number of nitrogens with zero attached hydrogens (tertiary/aromatic N) is 4. The number of hydrogen-bond donors (Lipinski definition) is 1. The number of aryl methyl sites for hydroxylation is 1. The second kappa shape index (κ2) is 6.35. The predicted octanol–water partition coefficient (Wildman–Crippen LogP) is 2.30. The molecule has 3 rings (SSSR count). The predicted molar refractivity (Wildman–Crippen MR) is 96.8 cm³/mol. The van der Waals surface area contributed by atoms with Gasteiger partial charge >= 0.3 is 0 Å². The second-order valence-corrected chi connectivity index (χ2v) is 5.90. The summed E-state index contributed by atoms with van der Waals surface area (Å²) in [6.45, 7) is 0. The lowest BCUT2D eigenvalue weighted by Crippen LogP contribution is -2.14. The molecule has 2 aromatic heterocycles. The minimum Gasteiger partial charge on any atom is -0.381 e. The average molecular weight is 339 g/mol. The maximum atomic E-state index is 14.4. The molecule has 0 saturated heterocycles. The van der Waals surface area contributed by atoms with E-state index in [4.69, 9.17) is 5.73 Å². The van der Waals surface area contributed by atoms with Crippen molar-refractivity contribution in [3.63, 3.8) is 0 Å². The number of benzene rings is 1. The first-order valence-electron chi connectivity index (χ1n) is 7.64. The van der Waals surface area contributed by atoms with Gasteiger partial charge in [-0.1, -0.05) is 0 Å². The van der Waals surface area contributed by atoms with Crippen molar-refractivity contribution in [1.29, 1.82) is 0 Å². The molecule has 0 amide bonds. The van der Waals surface area contributed by atoms with Crippen molar-refractivity contribution in [2.75, 3.05) is 24.7 Å². The Morgan fingerprint density at radius 2 is 1.68 bits per heavy atom. The van der Waals surface area contributed by atoms with Crippen molar-refractivity contribution in [1.82, 2.24) is 14.5 Å². The van der Waals surface area contributed by atoms with Crippen molar-refractivity contribution in [3.8, 4) is 22.6 Å². The van der Waals surface area contributed by atoms with Gasteiger partial charge in [-0.15, -0.1) is 0 Å². The summed E-state index contributed by atoms with van der Waals surface area (Å²) in [6.07, 6.45) is 1.52. The van der Waals surface area contributed by atoms with Gasteiger partial charge in [0, 0.05) is 50.2 Å². The molecule has 128 valence electrons. The van der Waals surface area contributed by atoms with Crippen LogP contribution < -0.4 is 16.2 Å². The topological polar surface area (TPSA) is 77.0 Å².